The molecule has 6 nitrogen and oxygen atoms in total. The topological polar surface area (TPSA) is 87.3 Å². The van der Waals surface area contributed by atoms with Gasteiger partial charge in [-0.1, -0.05) is 41.4 Å². The summed E-state index contributed by atoms with van der Waals surface area (Å²) < 4.78 is 40.9. The molecule has 3 rings (SSSR count). The quantitative estimate of drug-likeness (QED) is 0.586. The third-order valence-corrected chi connectivity index (χ3v) is 7.16. The maximum Gasteiger partial charge on any atom is 0.315 e. The maximum atomic E-state index is 13.3. The van der Waals surface area contributed by atoms with E-state index in [-0.39, 0.29) is 28.0 Å². The summed E-state index contributed by atoms with van der Waals surface area (Å²) in [4.78, 5) is 12.1. The molecular formula is C20H22Cl2FN3O3S. The van der Waals surface area contributed by atoms with E-state index < -0.39 is 15.8 Å². The van der Waals surface area contributed by atoms with E-state index in [4.69, 9.17) is 23.2 Å². The van der Waals surface area contributed by atoms with Gasteiger partial charge < -0.3 is 10.6 Å². The minimum atomic E-state index is -3.80. The first-order valence-electron chi connectivity index (χ1n) is 9.50. The molecule has 0 heterocycles. The lowest BCUT2D eigenvalue weighted by Crippen LogP contribution is -2.46. The summed E-state index contributed by atoms with van der Waals surface area (Å²) in [6.07, 6.45) is 2.42. The normalized spacial score (nSPS) is 19.3. The van der Waals surface area contributed by atoms with E-state index in [9.17, 15) is 17.6 Å². The molecule has 2 aromatic carbocycles. The molecule has 1 aliphatic rings. The van der Waals surface area contributed by atoms with Crippen LogP contribution in [0, 0.1) is 5.82 Å². The Morgan fingerprint density at radius 1 is 1.00 bits per heavy atom. The molecule has 3 N–H and O–H groups in total. The second-order valence-corrected chi connectivity index (χ2v) is 9.69. The Labute approximate surface area is 185 Å². The molecule has 1 saturated carbocycles. The summed E-state index contributed by atoms with van der Waals surface area (Å²) >= 11 is 11.8. The van der Waals surface area contributed by atoms with Crippen LogP contribution in [0.3, 0.4) is 0 Å². The van der Waals surface area contributed by atoms with E-state index >= 15 is 0 Å². The van der Waals surface area contributed by atoms with Gasteiger partial charge in [0.1, 0.15) is 5.82 Å². The van der Waals surface area contributed by atoms with Crippen molar-refractivity contribution in [3.63, 3.8) is 0 Å². The van der Waals surface area contributed by atoms with Crippen LogP contribution >= 0.6 is 23.2 Å². The molecule has 0 aliphatic heterocycles. The van der Waals surface area contributed by atoms with Crippen molar-refractivity contribution in [3.05, 3.63) is 63.9 Å². The molecule has 162 valence electrons. The number of halogens is 3. The minimum Gasteiger partial charge on any atom is -0.335 e. The molecule has 30 heavy (non-hydrogen) atoms. The van der Waals surface area contributed by atoms with Crippen molar-refractivity contribution in [2.45, 2.75) is 49.2 Å². The molecule has 0 aromatic heterocycles. The van der Waals surface area contributed by atoms with E-state index in [0.29, 0.717) is 37.3 Å². The van der Waals surface area contributed by atoms with Gasteiger partial charge >= 0.3 is 6.03 Å². The molecule has 2 amide bonds. The van der Waals surface area contributed by atoms with Gasteiger partial charge in [0.25, 0.3) is 0 Å². The fourth-order valence-corrected chi connectivity index (χ4v) is 5.12. The Hall–Kier alpha value is -1.87. The average molecular weight is 474 g/mol. The van der Waals surface area contributed by atoms with Gasteiger partial charge in [0.05, 0.1) is 9.92 Å². The number of carbonyl (C=O) groups is 1. The number of nitrogens with one attached hydrogen (secondary N) is 3. The molecule has 0 saturated heterocycles. The first-order valence-corrected chi connectivity index (χ1v) is 11.7. The second kappa shape index (κ2) is 9.96. The summed E-state index contributed by atoms with van der Waals surface area (Å²) in [6.45, 7) is 0.320. The van der Waals surface area contributed by atoms with E-state index in [1.165, 1.54) is 6.07 Å². The van der Waals surface area contributed by atoms with Crippen LogP contribution < -0.4 is 15.4 Å². The second-order valence-electron chi connectivity index (χ2n) is 7.16. The molecule has 1 fully saturated rings. The average Bonchev–Trinajstić information content (AvgIpc) is 2.70. The lowest BCUT2D eigenvalue weighted by atomic mass is 9.92. The van der Waals surface area contributed by atoms with Gasteiger partial charge in [-0.3, -0.25) is 0 Å². The lowest BCUT2D eigenvalue weighted by molar-refractivity contribution is 0.230. The van der Waals surface area contributed by atoms with Gasteiger partial charge in [0.15, 0.2) is 0 Å². The number of carbonyl (C=O) groups excluding carboxylic acids is 1. The number of amides is 2. The first-order chi connectivity index (χ1) is 14.2. The van der Waals surface area contributed by atoms with Crippen LogP contribution in [-0.4, -0.2) is 26.5 Å². The Morgan fingerprint density at radius 3 is 2.33 bits per heavy atom. The number of sulfonamides is 1. The predicted octanol–water partition coefficient (Wildman–Crippen LogP) is 4.22. The fraction of sp³-hybridized carbons (Fsp3) is 0.350. The van der Waals surface area contributed by atoms with E-state index in [1.807, 2.05) is 18.2 Å². The zero-order valence-corrected chi connectivity index (χ0v) is 18.3. The fourth-order valence-electron chi connectivity index (χ4n) is 3.34. The van der Waals surface area contributed by atoms with Gasteiger partial charge in [0.2, 0.25) is 10.0 Å². The van der Waals surface area contributed by atoms with Gasteiger partial charge in [-0.25, -0.2) is 22.3 Å². The van der Waals surface area contributed by atoms with Gasteiger partial charge in [-0.2, -0.15) is 0 Å². The molecule has 2 aromatic rings. The first kappa shape index (κ1) is 22.8. The third kappa shape index (κ3) is 6.07. The predicted molar refractivity (Wildman–Crippen MR) is 115 cm³/mol. The molecule has 0 spiro atoms. The Balaban J connectivity index is 1.45. The largest absolute Gasteiger partial charge is 0.335 e. The summed E-state index contributed by atoms with van der Waals surface area (Å²) in [5.41, 5.74) is 0.827. The SMILES string of the molecule is O=C(NCc1ccccc1Cl)NC1CCC(NS(=O)(=O)c2ccc(F)c(Cl)c2)CC1. The third-order valence-electron chi connectivity index (χ3n) is 4.98. The van der Waals surface area contributed by atoms with Crippen molar-refractivity contribution >= 4 is 39.3 Å². The van der Waals surface area contributed by atoms with Crippen molar-refractivity contribution in [2.75, 3.05) is 0 Å². The molecule has 0 bridgehead atoms. The Morgan fingerprint density at radius 2 is 1.67 bits per heavy atom. The van der Waals surface area contributed by atoms with Crippen molar-refractivity contribution in [3.8, 4) is 0 Å². The highest BCUT2D eigenvalue weighted by Gasteiger charge is 2.27. The van der Waals surface area contributed by atoms with Crippen LogP contribution in [0.25, 0.3) is 0 Å². The highest BCUT2D eigenvalue weighted by atomic mass is 35.5. The van der Waals surface area contributed by atoms with Crippen molar-refractivity contribution in [2.24, 2.45) is 0 Å². The number of benzene rings is 2. The molecular weight excluding hydrogens is 452 g/mol. The summed E-state index contributed by atoms with van der Waals surface area (Å²) in [6, 6.07) is 9.98. The number of hydrogen-bond donors (Lipinski definition) is 3. The summed E-state index contributed by atoms with van der Waals surface area (Å²) in [5, 5.41) is 6.04. The van der Waals surface area contributed by atoms with E-state index in [2.05, 4.69) is 15.4 Å². The molecule has 0 unspecified atom stereocenters. The van der Waals surface area contributed by atoms with Crippen LogP contribution in [0.4, 0.5) is 9.18 Å². The van der Waals surface area contributed by atoms with Crippen LogP contribution in [-0.2, 0) is 16.6 Å². The zero-order valence-electron chi connectivity index (χ0n) is 16.0. The number of hydrogen-bond acceptors (Lipinski definition) is 3. The molecule has 1 aliphatic carbocycles. The monoisotopic (exact) mass is 473 g/mol. The highest BCUT2D eigenvalue weighted by molar-refractivity contribution is 7.89. The summed E-state index contributed by atoms with van der Waals surface area (Å²) in [7, 11) is -3.80. The highest BCUT2D eigenvalue weighted by Crippen LogP contribution is 2.23. The molecule has 10 heteroatoms. The van der Waals surface area contributed by atoms with Gasteiger partial charge in [-0.05, 0) is 55.5 Å². The van der Waals surface area contributed by atoms with Crippen molar-refractivity contribution in [1.29, 1.82) is 0 Å². The van der Waals surface area contributed by atoms with Crippen LogP contribution in [0.2, 0.25) is 10.0 Å². The molecule has 0 radical (unpaired) electrons. The standard InChI is InChI=1S/C20H22Cl2FN3O3S/c21-17-4-2-1-3-13(17)12-24-20(27)25-14-5-7-15(8-6-14)26-30(28,29)16-9-10-19(23)18(22)11-16/h1-4,9-11,14-15,26H,5-8,12H2,(H2,24,25,27). The van der Waals surface area contributed by atoms with Crippen LogP contribution in [0.5, 0.6) is 0 Å². The van der Waals surface area contributed by atoms with Crippen LogP contribution in [0.1, 0.15) is 31.2 Å². The van der Waals surface area contributed by atoms with Crippen molar-refractivity contribution < 1.29 is 17.6 Å². The molecule has 0 atom stereocenters. The Bertz CT molecular complexity index is 1010. The number of rotatable bonds is 6. The summed E-state index contributed by atoms with van der Waals surface area (Å²) in [5.74, 6) is -0.671. The zero-order chi connectivity index (χ0) is 21.7. The van der Waals surface area contributed by atoms with E-state index in [0.717, 1.165) is 17.7 Å². The smallest absolute Gasteiger partial charge is 0.315 e. The van der Waals surface area contributed by atoms with Crippen molar-refractivity contribution in [1.82, 2.24) is 15.4 Å². The number of urea groups is 1. The van der Waals surface area contributed by atoms with Crippen LogP contribution in [0.15, 0.2) is 47.4 Å². The minimum absolute atomic E-state index is 0.0442. The van der Waals surface area contributed by atoms with Gasteiger partial charge in [0, 0.05) is 23.7 Å². The van der Waals surface area contributed by atoms with Gasteiger partial charge in [-0.15, -0.1) is 0 Å². The lowest BCUT2D eigenvalue weighted by Gasteiger charge is -2.29. The van der Waals surface area contributed by atoms with E-state index in [1.54, 1.807) is 6.07 Å². The Kier molecular flexibility index (Phi) is 7.57. The maximum absolute atomic E-state index is 13.3.